The van der Waals surface area contributed by atoms with Crippen molar-refractivity contribution >= 4 is 33.9 Å². The van der Waals surface area contributed by atoms with Crippen LogP contribution in [0.1, 0.15) is 18.5 Å². The van der Waals surface area contributed by atoms with Gasteiger partial charge in [-0.3, -0.25) is 9.59 Å². The van der Waals surface area contributed by atoms with Crippen LogP contribution in [0.15, 0.2) is 69.3 Å². The fraction of sp³-hybridized carbons (Fsp3) is 0.345. The van der Waals surface area contributed by atoms with E-state index in [1.807, 2.05) is 19.2 Å². The molecule has 40 heavy (non-hydrogen) atoms. The number of halogens is 2. The Hall–Kier alpha value is -3.70. The van der Waals surface area contributed by atoms with Gasteiger partial charge in [-0.25, -0.2) is 13.5 Å². The molecule has 1 atom stereocenters. The lowest BCUT2D eigenvalue weighted by molar-refractivity contribution is 0.312. The van der Waals surface area contributed by atoms with Gasteiger partial charge in [-0.05, 0) is 67.6 Å². The first-order valence-corrected chi connectivity index (χ1v) is 14.2. The normalized spacial score (nSPS) is 14.5. The Bertz CT molecular complexity index is 1610. The molecule has 2 aromatic carbocycles. The van der Waals surface area contributed by atoms with Crippen LogP contribution in [0.4, 0.5) is 20.2 Å². The second-order valence-corrected chi connectivity index (χ2v) is 10.7. The second-order valence-electron chi connectivity index (χ2n) is 9.86. The molecule has 1 aliphatic rings. The molecule has 0 amide bonds. The summed E-state index contributed by atoms with van der Waals surface area (Å²) in [6.07, 6.45) is 5.29. The van der Waals surface area contributed by atoms with Crippen LogP contribution in [0.3, 0.4) is 0 Å². The molecule has 1 saturated heterocycles. The second kappa shape index (κ2) is 12.6. The number of hydrogen-bond acceptors (Lipinski definition) is 7. The van der Waals surface area contributed by atoms with Crippen molar-refractivity contribution in [3.05, 3.63) is 92.8 Å². The summed E-state index contributed by atoms with van der Waals surface area (Å²) in [6, 6.07) is 10.4. The molecule has 5 rings (SSSR count). The summed E-state index contributed by atoms with van der Waals surface area (Å²) in [7, 11) is 5.41. The minimum atomic E-state index is -0.455. The Morgan fingerprint density at radius 2 is 1.65 bits per heavy atom. The number of nitrogens with one attached hydrogen (secondary N) is 1. The molecule has 212 valence electrons. The summed E-state index contributed by atoms with van der Waals surface area (Å²) in [5.74, 6) is -0.758. The number of thioether (sulfide) groups is 1. The zero-order chi connectivity index (χ0) is 29.0. The molecule has 4 aromatic rings. The number of aromatic nitrogens is 3. The average Bonchev–Trinajstić information content (AvgIpc) is 2.94. The predicted octanol–water partition coefficient (Wildman–Crippen LogP) is 4.24. The molecule has 0 spiro atoms. The fourth-order valence-corrected chi connectivity index (χ4v) is 5.17. The largest absolute Gasteiger partial charge is 0.378 e. The van der Waals surface area contributed by atoms with Crippen molar-refractivity contribution in [1.82, 2.24) is 19.2 Å². The van der Waals surface area contributed by atoms with E-state index in [1.165, 1.54) is 45.3 Å². The maximum atomic E-state index is 14.1. The highest BCUT2D eigenvalue weighted by atomic mass is 32.2. The molecule has 0 bridgehead atoms. The Morgan fingerprint density at radius 1 is 0.925 bits per heavy atom. The third kappa shape index (κ3) is 6.71. The van der Waals surface area contributed by atoms with Crippen LogP contribution >= 0.6 is 11.8 Å². The number of benzene rings is 2. The number of likely N-dealkylation sites (N-methyl/N-ethyl adjacent to an activating group) is 1. The number of pyridine rings is 1. The molecule has 0 aliphatic carbocycles. The molecule has 0 unspecified atom stereocenters. The van der Waals surface area contributed by atoms with Gasteiger partial charge in [-0.15, -0.1) is 11.8 Å². The number of piperazine rings is 1. The summed E-state index contributed by atoms with van der Waals surface area (Å²) in [5.41, 5.74) is 2.10. The van der Waals surface area contributed by atoms with Gasteiger partial charge in [-0.2, -0.15) is 5.10 Å². The topological polar surface area (TPSA) is 75.4 Å². The Morgan fingerprint density at radius 3 is 2.33 bits per heavy atom. The maximum Gasteiger partial charge on any atom is 0.268 e. The third-order valence-corrected chi connectivity index (χ3v) is 7.79. The number of fused-ring (bicyclic) bond motifs is 1. The molecule has 11 heteroatoms. The summed E-state index contributed by atoms with van der Waals surface area (Å²) < 4.78 is 30.3. The lowest BCUT2D eigenvalue weighted by Crippen LogP contribution is -2.45. The SMILES string of the molecule is CN1CCN(c2cnn(C)c(=O)c2)CC1.CSc1cc(F)ccc1N[C@H](C)c1cc(F)cc2c(=O)n(C)ccc12. The van der Waals surface area contributed by atoms with Crippen molar-refractivity contribution in [3.8, 4) is 0 Å². The Balaban J connectivity index is 0.000000210. The summed E-state index contributed by atoms with van der Waals surface area (Å²) in [5, 5.41) is 8.37. The van der Waals surface area contributed by atoms with Crippen LogP contribution in [-0.4, -0.2) is 58.7 Å². The van der Waals surface area contributed by atoms with E-state index in [0.717, 1.165) is 42.4 Å². The molecule has 0 saturated carbocycles. The number of nitrogens with zero attached hydrogens (tertiary/aromatic N) is 5. The van der Waals surface area contributed by atoms with Crippen molar-refractivity contribution < 1.29 is 8.78 Å². The van der Waals surface area contributed by atoms with E-state index in [1.54, 1.807) is 38.6 Å². The monoisotopic (exact) mass is 568 g/mol. The van der Waals surface area contributed by atoms with Crippen LogP contribution in [0.5, 0.6) is 0 Å². The molecular formula is C29H34F2N6O2S. The van der Waals surface area contributed by atoms with Crippen LogP contribution in [-0.2, 0) is 14.1 Å². The maximum absolute atomic E-state index is 14.1. The molecule has 2 aromatic heterocycles. The van der Waals surface area contributed by atoms with Crippen molar-refractivity contribution in [3.63, 3.8) is 0 Å². The highest BCUT2D eigenvalue weighted by Gasteiger charge is 2.16. The van der Waals surface area contributed by atoms with Gasteiger partial charge in [0.25, 0.3) is 11.1 Å². The van der Waals surface area contributed by atoms with E-state index in [0.29, 0.717) is 16.3 Å². The van der Waals surface area contributed by atoms with Gasteiger partial charge in [0.2, 0.25) is 0 Å². The van der Waals surface area contributed by atoms with Crippen molar-refractivity contribution in [2.75, 3.05) is 49.7 Å². The number of rotatable bonds is 5. The molecule has 1 fully saturated rings. The third-order valence-electron chi connectivity index (χ3n) is 7.02. The molecule has 1 aliphatic heterocycles. The van der Waals surface area contributed by atoms with E-state index in [-0.39, 0.29) is 23.0 Å². The van der Waals surface area contributed by atoms with Gasteiger partial charge in [0, 0.05) is 69.2 Å². The van der Waals surface area contributed by atoms with E-state index >= 15 is 0 Å². The minimum absolute atomic E-state index is 0.0496. The van der Waals surface area contributed by atoms with Crippen molar-refractivity contribution in [1.29, 1.82) is 0 Å². The molecule has 3 heterocycles. The van der Waals surface area contributed by atoms with Crippen LogP contribution < -0.4 is 21.3 Å². The van der Waals surface area contributed by atoms with E-state index in [9.17, 15) is 18.4 Å². The van der Waals surface area contributed by atoms with Gasteiger partial charge >= 0.3 is 0 Å². The molecule has 1 N–H and O–H groups in total. The Kier molecular flexibility index (Phi) is 9.26. The van der Waals surface area contributed by atoms with Crippen molar-refractivity contribution in [2.45, 2.75) is 17.9 Å². The van der Waals surface area contributed by atoms with Gasteiger partial charge in [0.1, 0.15) is 11.6 Å². The Labute approximate surface area is 236 Å². The van der Waals surface area contributed by atoms with E-state index in [4.69, 9.17) is 0 Å². The predicted molar refractivity (Wildman–Crippen MR) is 159 cm³/mol. The van der Waals surface area contributed by atoms with E-state index in [2.05, 4.69) is 27.3 Å². The first-order valence-electron chi connectivity index (χ1n) is 12.9. The standard InChI is InChI=1S/C19H18F2N2OS.C10H16N4O/c1-11(22-17-5-4-12(20)10-18(17)25-3)15-8-13(21)9-16-14(15)6-7-23(2)19(16)24;1-12-3-5-14(6-4-12)9-7-10(15)13(2)11-8-9/h4-11,22H,1-3H3;7-8H,3-6H2,1-2H3/t11-;/m1./s1. The molecule has 0 radical (unpaired) electrons. The summed E-state index contributed by atoms with van der Waals surface area (Å²) in [4.78, 5) is 28.9. The zero-order valence-corrected chi connectivity index (χ0v) is 24.1. The first kappa shape index (κ1) is 29.3. The number of hydrogen-bond donors (Lipinski definition) is 1. The van der Waals surface area contributed by atoms with Crippen molar-refractivity contribution in [2.24, 2.45) is 14.1 Å². The highest BCUT2D eigenvalue weighted by Crippen LogP contribution is 2.31. The first-order chi connectivity index (χ1) is 19.1. The number of aryl methyl sites for hydroxylation is 2. The zero-order valence-electron chi connectivity index (χ0n) is 23.3. The van der Waals surface area contributed by atoms with Gasteiger partial charge in [0.05, 0.1) is 17.3 Å². The lowest BCUT2D eigenvalue weighted by Gasteiger charge is -2.33. The highest BCUT2D eigenvalue weighted by molar-refractivity contribution is 7.98. The average molecular weight is 569 g/mol. The van der Waals surface area contributed by atoms with E-state index < -0.39 is 5.82 Å². The summed E-state index contributed by atoms with van der Waals surface area (Å²) in [6.45, 7) is 5.89. The summed E-state index contributed by atoms with van der Waals surface area (Å²) >= 11 is 1.43. The fourth-order valence-electron chi connectivity index (χ4n) is 4.60. The van der Waals surface area contributed by atoms with Gasteiger partial charge < -0.3 is 19.7 Å². The van der Waals surface area contributed by atoms with Crippen LogP contribution in [0, 0.1) is 11.6 Å². The van der Waals surface area contributed by atoms with Gasteiger partial charge in [0.15, 0.2) is 0 Å². The van der Waals surface area contributed by atoms with Crippen LogP contribution in [0.25, 0.3) is 10.8 Å². The number of anilines is 2. The minimum Gasteiger partial charge on any atom is -0.378 e. The lowest BCUT2D eigenvalue weighted by atomic mass is 10.00. The quantitative estimate of drug-likeness (QED) is 0.361. The van der Waals surface area contributed by atoms with Crippen LogP contribution in [0.2, 0.25) is 0 Å². The molecule has 8 nitrogen and oxygen atoms in total. The molecular weight excluding hydrogens is 534 g/mol. The smallest absolute Gasteiger partial charge is 0.268 e. The van der Waals surface area contributed by atoms with Gasteiger partial charge in [-0.1, -0.05) is 0 Å².